The van der Waals surface area contributed by atoms with Gasteiger partial charge in [-0.2, -0.15) is 0 Å². The van der Waals surface area contributed by atoms with Crippen LogP contribution in [0.1, 0.15) is 116 Å². The van der Waals surface area contributed by atoms with E-state index in [-0.39, 0.29) is 78.2 Å². The van der Waals surface area contributed by atoms with Crippen molar-refractivity contribution in [3.8, 4) is 0 Å². The number of carbonyl (C=O) groups is 6. The van der Waals surface area contributed by atoms with E-state index in [1.54, 1.807) is 0 Å². The molecule has 0 aliphatic heterocycles. The molecule has 61 heavy (non-hydrogen) atoms. The molecule has 0 saturated heterocycles. The Balaban J connectivity index is 1.10. The molecule has 19 heteroatoms. The van der Waals surface area contributed by atoms with Crippen molar-refractivity contribution in [2.45, 2.75) is 188 Å². The first-order valence-corrected chi connectivity index (χ1v) is 23.0. The highest BCUT2D eigenvalue weighted by atomic mass is 16.4. The molecule has 0 aromatic carbocycles. The molecule has 6 aliphatic rings. The Bertz CT molecular complexity index is 1590. The van der Waals surface area contributed by atoms with E-state index in [1.807, 2.05) is 0 Å². The summed E-state index contributed by atoms with van der Waals surface area (Å²) in [5, 5.41) is 25.3. The van der Waals surface area contributed by atoms with Gasteiger partial charge in [0.2, 0.25) is 29.5 Å². The Morgan fingerprint density at radius 3 is 0.803 bits per heavy atom. The molecule has 0 bridgehead atoms. The summed E-state index contributed by atoms with van der Waals surface area (Å²) in [6.45, 7) is 0. The number of hydrogen-bond donors (Lipinski definition) is 13. The summed E-state index contributed by atoms with van der Waals surface area (Å²) >= 11 is 0. The molecule has 20 N–H and O–H groups in total. The Labute approximate surface area is 359 Å². The van der Waals surface area contributed by atoms with Crippen LogP contribution in [0.4, 0.5) is 0 Å². The lowest BCUT2D eigenvalue weighted by atomic mass is 9.77. The lowest BCUT2D eigenvalue weighted by molar-refractivity contribution is -0.144. The smallest absolute Gasteiger partial charge is 0.308 e. The fourth-order valence-electron chi connectivity index (χ4n) is 11.3. The first kappa shape index (κ1) is 47.0. The fraction of sp³-hybridized carbons (Fsp3) is 0.857. The van der Waals surface area contributed by atoms with Crippen LogP contribution in [0, 0.1) is 35.5 Å². The minimum absolute atomic E-state index is 0.101. The molecule has 18 atom stereocenters. The van der Waals surface area contributed by atoms with Gasteiger partial charge in [-0.25, -0.2) is 0 Å². The molecule has 6 aliphatic carbocycles. The summed E-state index contributed by atoms with van der Waals surface area (Å²) in [6.07, 6.45) is 8.93. The van der Waals surface area contributed by atoms with E-state index in [9.17, 15) is 33.9 Å². The van der Waals surface area contributed by atoms with Crippen LogP contribution in [0.3, 0.4) is 0 Å². The average molecular weight is 859 g/mol. The Kier molecular flexibility index (Phi) is 16.0. The third-order valence-corrected chi connectivity index (χ3v) is 15.0. The SMILES string of the molecule is NC1CCC(N)C(C(=O)NC2CCC(N)CC2C(=O)NC2CCC(N)CC2C(=O)NC2CCC(N)CC2C(=O)NC2CCC(N)CC2C(=O)NC2CCC(N)CC2C(=O)O)C1. The second-order valence-electron chi connectivity index (χ2n) is 19.7. The maximum Gasteiger partial charge on any atom is 0.308 e. The van der Waals surface area contributed by atoms with Crippen LogP contribution in [0.2, 0.25) is 0 Å². The first-order valence-electron chi connectivity index (χ1n) is 23.0. The summed E-state index contributed by atoms with van der Waals surface area (Å²) < 4.78 is 0. The summed E-state index contributed by atoms with van der Waals surface area (Å²) in [4.78, 5) is 81.8. The van der Waals surface area contributed by atoms with Gasteiger partial charge in [0.25, 0.3) is 0 Å². The number of carbonyl (C=O) groups excluding carboxylic acids is 5. The maximum atomic E-state index is 14.3. The summed E-state index contributed by atoms with van der Waals surface area (Å²) in [5.41, 5.74) is 44.0. The van der Waals surface area contributed by atoms with Crippen molar-refractivity contribution in [1.82, 2.24) is 26.6 Å². The molecule has 6 saturated carbocycles. The van der Waals surface area contributed by atoms with Gasteiger partial charge in [0.1, 0.15) is 0 Å². The van der Waals surface area contributed by atoms with Crippen molar-refractivity contribution in [3.05, 3.63) is 0 Å². The molecule has 0 radical (unpaired) electrons. The van der Waals surface area contributed by atoms with E-state index in [0.717, 1.165) is 6.42 Å². The van der Waals surface area contributed by atoms with Crippen LogP contribution in [0.5, 0.6) is 0 Å². The quantitative estimate of drug-likeness (QED) is 0.103. The zero-order valence-corrected chi connectivity index (χ0v) is 35.6. The first-order chi connectivity index (χ1) is 29.0. The molecule has 344 valence electrons. The van der Waals surface area contributed by atoms with E-state index in [2.05, 4.69) is 26.6 Å². The Morgan fingerprint density at radius 1 is 0.311 bits per heavy atom. The normalized spacial score (nSPS) is 42.0. The predicted molar refractivity (Wildman–Crippen MR) is 227 cm³/mol. The van der Waals surface area contributed by atoms with Gasteiger partial charge in [0.05, 0.1) is 35.5 Å². The van der Waals surface area contributed by atoms with Crippen LogP contribution in [0.25, 0.3) is 0 Å². The molecular formula is C42H74N12O7. The fourth-order valence-corrected chi connectivity index (χ4v) is 11.3. The van der Waals surface area contributed by atoms with E-state index in [0.29, 0.717) is 103 Å². The summed E-state index contributed by atoms with van der Waals surface area (Å²) in [5.74, 6) is -6.34. The highest BCUT2D eigenvalue weighted by Crippen LogP contribution is 2.33. The van der Waals surface area contributed by atoms with Crippen LogP contribution >= 0.6 is 0 Å². The van der Waals surface area contributed by atoms with Gasteiger partial charge in [-0.05, 0) is 116 Å². The molecule has 6 fully saturated rings. The number of nitrogens with two attached hydrogens (primary N) is 7. The van der Waals surface area contributed by atoms with Crippen LogP contribution in [-0.2, 0) is 28.8 Å². The molecule has 0 aromatic rings. The van der Waals surface area contributed by atoms with Crippen molar-refractivity contribution in [2.24, 2.45) is 75.6 Å². The number of rotatable bonds is 11. The molecule has 0 aromatic heterocycles. The lowest BCUT2D eigenvalue weighted by Crippen LogP contribution is -2.60. The van der Waals surface area contributed by atoms with Gasteiger partial charge < -0.3 is 71.8 Å². The van der Waals surface area contributed by atoms with Crippen molar-refractivity contribution < 1.29 is 33.9 Å². The van der Waals surface area contributed by atoms with Crippen LogP contribution in [-0.4, -0.2) is 113 Å². The van der Waals surface area contributed by atoms with Gasteiger partial charge in [-0.3, -0.25) is 28.8 Å². The highest BCUT2D eigenvalue weighted by Gasteiger charge is 2.45. The van der Waals surface area contributed by atoms with E-state index in [4.69, 9.17) is 40.1 Å². The zero-order chi connectivity index (χ0) is 44.1. The van der Waals surface area contributed by atoms with Crippen molar-refractivity contribution in [2.75, 3.05) is 0 Å². The molecule has 18 unspecified atom stereocenters. The molecule has 19 nitrogen and oxygen atoms in total. The number of hydrogen-bond acceptors (Lipinski definition) is 13. The zero-order valence-electron chi connectivity index (χ0n) is 35.6. The van der Waals surface area contributed by atoms with Gasteiger partial charge in [-0.15, -0.1) is 0 Å². The second-order valence-corrected chi connectivity index (χ2v) is 19.7. The number of nitrogens with one attached hydrogen (secondary N) is 5. The molecule has 0 heterocycles. The average Bonchev–Trinajstić information content (AvgIpc) is 3.21. The molecule has 0 spiro atoms. The third kappa shape index (κ3) is 12.0. The van der Waals surface area contributed by atoms with E-state index < -0.39 is 71.7 Å². The third-order valence-electron chi connectivity index (χ3n) is 15.0. The minimum Gasteiger partial charge on any atom is -0.481 e. The molecule has 6 rings (SSSR count). The second kappa shape index (κ2) is 20.8. The van der Waals surface area contributed by atoms with Gasteiger partial charge in [-0.1, -0.05) is 0 Å². The topological polar surface area (TPSA) is 365 Å². The summed E-state index contributed by atoms with van der Waals surface area (Å²) in [7, 11) is 0. The van der Waals surface area contributed by atoms with E-state index in [1.165, 1.54) is 0 Å². The highest BCUT2D eigenvalue weighted by molar-refractivity contribution is 5.87. The van der Waals surface area contributed by atoms with Crippen molar-refractivity contribution in [3.63, 3.8) is 0 Å². The number of carboxylic acids is 1. The summed E-state index contributed by atoms with van der Waals surface area (Å²) in [6, 6.07) is -4.33. The Morgan fingerprint density at radius 2 is 0.525 bits per heavy atom. The predicted octanol–water partition coefficient (Wildman–Crippen LogP) is -2.41. The van der Waals surface area contributed by atoms with E-state index >= 15 is 0 Å². The van der Waals surface area contributed by atoms with Gasteiger partial charge in [0, 0.05) is 72.5 Å². The van der Waals surface area contributed by atoms with Crippen molar-refractivity contribution >= 4 is 35.5 Å². The monoisotopic (exact) mass is 859 g/mol. The molecule has 5 amide bonds. The minimum atomic E-state index is -1.01. The standard InChI is InChI=1S/C42H74N12O7/c43-19-1-7-31(49)25(13-19)37(55)50-32-8-2-20(44)14-26(32)38(56)51-33-9-3-21(45)15-27(33)39(57)52-34-10-4-22(46)16-28(34)40(58)53-35-11-5-23(47)17-29(35)41(59)54-36-12-6-24(48)18-30(36)42(60)61/h19-36H,1-18,43-49H2,(H,50,55)(H,51,56)(H,52,57)(H,53,58)(H,54,59)(H,60,61). The van der Waals surface area contributed by atoms with Crippen molar-refractivity contribution in [1.29, 1.82) is 0 Å². The maximum absolute atomic E-state index is 14.3. The largest absolute Gasteiger partial charge is 0.481 e. The van der Waals surface area contributed by atoms with Gasteiger partial charge >= 0.3 is 5.97 Å². The number of amides is 5. The lowest BCUT2D eigenvalue weighted by Gasteiger charge is -2.41. The number of aliphatic carboxylic acids is 1. The Hall–Kier alpha value is -3.46. The van der Waals surface area contributed by atoms with Crippen LogP contribution < -0.4 is 66.7 Å². The molecular weight excluding hydrogens is 785 g/mol. The van der Waals surface area contributed by atoms with Crippen LogP contribution in [0.15, 0.2) is 0 Å². The number of carboxylic acid groups (broad SMARTS) is 1. The van der Waals surface area contributed by atoms with Gasteiger partial charge in [0.15, 0.2) is 0 Å².